The second-order valence-electron chi connectivity index (χ2n) is 7.33. The van der Waals surface area contributed by atoms with E-state index in [1.807, 2.05) is 24.0 Å². The van der Waals surface area contributed by atoms with Gasteiger partial charge in [-0.1, -0.05) is 30.5 Å². The van der Waals surface area contributed by atoms with Gasteiger partial charge in [0, 0.05) is 49.2 Å². The maximum atomic E-state index is 12.4. The molecule has 5 nitrogen and oxygen atoms in total. The van der Waals surface area contributed by atoms with Crippen LogP contribution in [0.4, 0.5) is 10.5 Å². The molecule has 0 unspecified atom stereocenters. The molecule has 0 radical (unpaired) electrons. The van der Waals surface area contributed by atoms with Crippen LogP contribution in [0.3, 0.4) is 0 Å². The van der Waals surface area contributed by atoms with Gasteiger partial charge in [-0.25, -0.2) is 4.79 Å². The van der Waals surface area contributed by atoms with Crippen molar-refractivity contribution >= 4 is 29.2 Å². The second kappa shape index (κ2) is 7.65. The molecule has 3 amide bonds. The Kier molecular flexibility index (Phi) is 5.52. The highest BCUT2D eigenvalue weighted by Gasteiger charge is 2.36. The number of anilines is 1. The quantitative estimate of drug-likeness (QED) is 0.881. The number of urea groups is 1. The first-order valence-electron chi connectivity index (χ1n) is 9.02. The van der Waals surface area contributed by atoms with E-state index >= 15 is 0 Å². The Morgan fingerprint density at radius 1 is 1.36 bits per heavy atom. The smallest absolute Gasteiger partial charge is 0.321 e. The number of amides is 3. The molecule has 2 aliphatic rings. The summed E-state index contributed by atoms with van der Waals surface area (Å²) in [7, 11) is 1.77. The highest BCUT2D eigenvalue weighted by molar-refractivity contribution is 6.31. The lowest BCUT2D eigenvalue weighted by Crippen LogP contribution is -2.37. The summed E-state index contributed by atoms with van der Waals surface area (Å²) in [6.07, 6.45) is 5.25. The molecule has 3 rings (SSSR count). The summed E-state index contributed by atoms with van der Waals surface area (Å²) in [6.45, 7) is 3.28. The van der Waals surface area contributed by atoms with Crippen molar-refractivity contribution in [1.29, 1.82) is 0 Å². The van der Waals surface area contributed by atoms with Crippen molar-refractivity contribution in [1.82, 2.24) is 9.80 Å². The van der Waals surface area contributed by atoms with Gasteiger partial charge in [0.25, 0.3) is 0 Å². The molecular formula is C19H26ClN3O2. The Hall–Kier alpha value is -1.75. The fourth-order valence-electron chi connectivity index (χ4n) is 3.86. The van der Waals surface area contributed by atoms with Crippen LogP contribution in [0.2, 0.25) is 5.02 Å². The zero-order valence-corrected chi connectivity index (χ0v) is 15.7. The number of likely N-dealkylation sites (tertiary alicyclic amines) is 1. The van der Waals surface area contributed by atoms with Gasteiger partial charge >= 0.3 is 6.03 Å². The lowest BCUT2D eigenvalue weighted by molar-refractivity contribution is -0.129. The van der Waals surface area contributed by atoms with E-state index in [9.17, 15) is 9.59 Å². The molecule has 1 aromatic rings. The van der Waals surface area contributed by atoms with Crippen molar-refractivity contribution in [3.63, 3.8) is 0 Å². The normalized spacial score (nSPS) is 21.0. The average Bonchev–Trinajstić information content (AvgIpc) is 3.20. The van der Waals surface area contributed by atoms with Gasteiger partial charge in [-0.15, -0.1) is 0 Å². The molecule has 1 atom stereocenters. The zero-order valence-electron chi connectivity index (χ0n) is 14.9. The van der Waals surface area contributed by atoms with E-state index in [4.69, 9.17) is 11.6 Å². The monoisotopic (exact) mass is 363 g/mol. The molecule has 6 heteroatoms. The Bertz CT molecular complexity index is 658. The minimum absolute atomic E-state index is 0.174. The maximum absolute atomic E-state index is 12.4. The number of aryl methyl sites for hydroxylation is 1. The van der Waals surface area contributed by atoms with E-state index in [0.29, 0.717) is 29.7 Å². The molecule has 0 aromatic heterocycles. The minimum atomic E-state index is -0.174. The first kappa shape index (κ1) is 18.1. The molecule has 1 aliphatic carbocycles. The molecule has 1 aromatic carbocycles. The van der Waals surface area contributed by atoms with Crippen LogP contribution in [0.5, 0.6) is 0 Å². The molecule has 1 N–H and O–H groups in total. The number of benzene rings is 1. The molecule has 1 heterocycles. The van der Waals surface area contributed by atoms with E-state index in [-0.39, 0.29) is 17.9 Å². The van der Waals surface area contributed by atoms with Gasteiger partial charge in [0.2, 0.25) is 5.91 Å². The fraction of sp³-hybridized carbons (Fsp3) is 0.579. The summed E-state index contributed by atoms with van der Waals surface area (Å²) in [4.78, 5) is 28.4. The van der Waals surface area contributed by atoms with Crippen molar-refractivity contribution in [3.05, 3.63) is 28.8 Å². The largest absolute Gasteiger partial charge is 0.339 e. The topological polar surface area (TPSA) is 52.7 Å². The number of carbonyl (C=O) groups is 2. The predicted octanol–water partition coefficient (Wildman–Crippen LogP) is 3.90. The molecule has 25 heavy (non-hydrogen) atoms. The number of nitrogens with one attached hydrogen (secondary N) is 1. The van der Waals surface area contributed by atoms with E-state index in [2.05, 4.69) is 5.32 Å². The van der Waals surface area contributed by atoms with Crippen LogP contribution < -0.4 is 5.32 Å². The van der Waals surface area contributed by atoms with Crippen LogP contribution in [0.25, 0.3) is 0 Å². The van der Waals surface area contributed by atoms with Crippen molar-refractivity contribution in [2.75, 3.05) is 25.5 Å². The molecule has 1 saturated carbocycles. The lowest BCUT2D eigenvalue weighted by atomic mass is 10.1. The van der Waals surface area contributed by atoms with Crippen LogP contribution in [0.15, 0.2) is 18.2 Å². The van der Waals surface area contributed by atoms with Crippen LogP contribution >= 0.6 is 11.6 Å². The highest BCUT2D eigenvalue weighted by atomic mass is 35.5. The average molecular weight is 364 g/mol. The van der Waals surface area contributed by atoms with Crippen molar-refractivity contribution in [3.8, 4) is 0 Å². The number of halogens is 1. The molecule has 136 valence electrons. The fourth-order valence-corrected chi connectivity index (χ4v) is 4.04. The lowest BCUT2D eigenvalue weighted by Gasteiger charge is -2.25. The van der Waals surface area contributed by atoms with Gasteiger partial charge in [-0.05, 0) is 37.5 Å². The van der Waals surface area contributed by atoms with Crippen LogP contribution in [0.1, 0.15) is 37.7 Å². The molecule has 1 aliphatic heterocycles. The van der Waals surface area contributed by atoms with E-state index in [1.165, 1.54) is 12.8 Å². The van der Waals surface area contributed by atoms with Crippen molar-refractivity contribution in [2.24, 2.45) is 5.92 Å². The molecule has 0 bridgehead atoms. The Morgan fingerprint density at radius 2 is 2.08 bits per heavy atom. The molecular weight excluding hydrogens is 338 g/mol. The van der Waals surface area contributed by atoms with Crippen molar-refractivity contribution < 1.29 is 9.59 Å². The SMILES string of the molecule is Cc1ccc(NC(=O)N(C)C[C@@H]2CC(=O)N(C3CCCC3)C2)cc1Cl. The van der Waals surface area contributed by atoms with Gasteiger partial charge in [0.05, 0.1) is 0 Å². The summed E-state index contributed by atoms with van der Waals surface area (Å²) in [6, 6.07) is 5.72. The number of nitrogens with zero attached hydrogens (tertiary/aromatic N) is 2. The summed E-state index contributed by atoms with van der Waals surface area (Å²) < 4.78 is 0. The molecule has 0 spiro atoms. The van der Waals surface area contributed by atoms with Crippen molar-refractivity contribution in [2.45, 2.75) is 45.1 Å². The summed E-state index contributed by atoms with van der Waals surface area (Å²) in [5, 5.41) is 3.50. The van der Waals surface area contributed by atoms with Gasteiger partial charge < -0.3 is 15.1 Å². The number of hydrogen-bond donors (Lipinski definition) is 1. The maximum Gasteiger partial charge on any atom is 0.321 e. The van der Waals surface area contributed by atoms with Gasteiger partial charge in [0.1, 0.15) is 0 Å². The first-order chi connectivity index (χ1) is 11.9. The summed E-state index contributed by atoms with van der Waals surface area (Å²) >= 11 is 6.10. The van der Waals surface area contributed by atoms with Gasteiger partial charge in [-0.3, -0.25) is 4.79 Å². The van der Waals surface area contributed by atoms with Gasteiger partial charge in [0.15, 0.2) is 0 Å². The Balaban J connectivity index is 1.53. The number of carbonyl (C=O) groups excluding carboxylic acids is 2. The highest BCUT2D eigenvalue weighted by Crippen LogP contribution is 2.29. The number of rotatable bonds is 4. The standard InChI is InChI=1S/C19H26ClN3O2/c1-13-7-8-15(10-17(13)20)21-19(25)22(2)11-14-9-18(24)23(12-14)16-5-3-4-6-16/h7-8,10,14,16H,3-6,9,11-12H2,1-2H3,(H,21,25)/t14-/m0/s1. The Labute approximate surface area is 154 Å². The Morgan fingerprint density at radius 3 is 2.76 bits per heavy atom. The van der Waals surface area contributed by atoms with E-state index in [1.54, 1.807) is 18.0 Å². The minimum Gasteiger partial charge on any atom is -0.339 e. The van der Waals surface area contributed by atoms with E-state index in [0.717, 1.165) is 24.9 Å². The molecule has 2 fully saturated rings. The predicted molar refractivity (Wildman–Crippen MR) is 99.9 cm³/mol. The van der Waals surface area contributed by atoms with Crippen LogP contribution in [-0.4, -0.2) is 47.9 Å². The summed E-state index contributed by atoms with van der Waals surface area (Å²) in [5.74, 6) is 0.460. The summed E-state index contributed by atoms with van der Waals surface area (Å²) in [5.41, 5.74) is 1.66. The first-order valence-corrected chi connectivity index (χ1v) is 9.39. The third-order valence-corrected chi connectivity index (χ3v) is 5.71. The van der Waals surface area contributed by atoms with Crippen LogP contribution in [-0.2, 0) is 4.79 Å². The number of hydrogen-bond acceptors (Lipinski definition) is 2. The van der Waals surface area contributed by atoms with E-state index < -0.39 is 0 Å². The van der Waals surface area contributed by atoms with Gasteiger partial charge in [-0.2, -0.15) is 0 Å². The van der Waals surface area contributed by atoms with Crippen LogP contribution in [0, 0.1) is 12.8 Å². The third-order valence-electron chi connectivity index (χ3n) is 5.31. The molecule has 1 saturated heterocycles. The zero-order chi connectivity index (χ0) is 18.0. The third kappa shape index (κ3) is 4.27. The second-order valence-corrected chi connectivity index (χ2v) is 7.74.